The molecule has 0 saturated heterocycles. The predicted octanol–water partition coefficient (Wildman–Crippen LogP) is 24.7. The van der Waals surface area contributed by atoms with Crippen LogP contribution in [0.25, 0.3) is 0 Å². The van der Waals surface area contributed by atoms with E-state index in [-0.39, 0.29) is 18.5 Å². The van der Waals surface area contributed by atoms with Crippen molar-refractivity contribution in [3.63, 3.8) is 0 Å². The van der Waals surface area contributed by atoms with E-state index in [0.717, 1.165) is 51.4 Å². The summed E-state index contributed by atoms with van der Waals surface area (Å²) in [6.45, 7) is 4.97. The third kappa shape index (κ3) is 69.1. The van der Waals surface area contributed by atoms with Crippen LogP contribution in [0.5, 0.6) is 0 Å². The smallest absolute Gasteiger partial charge is 0.305 e. The summed E-state index contributed by atoms with van der Waals surface area (Å²) in [7, 11) is 0. The van der Waals surface area contributed by atoms with Gasteiger partial charge in [-0.25, -0.2) is 0 Å². The number of aliphatic hydroxyl groups excluding tert-OH is 2. The van der Waals surface area contributed by atoms with E-state index in [0.29, 0.717) is 25.9 Å². The monoisotopic (exact) mass is 1170 g/mol. The van der Waals surface area contributed by atoms with Crippen LogP contribution in [0.3, 0.4) is 0 Å². The van der Waals surface area contributed by atoms with E-state index >= 15 is 0 Å². The van der Waals surface area contributed by atoms with Gasteiger partial charge in [0.05, 0.1) is 25.4 Å². The molecule has 0 aromatic rings. The summed E-state index contributed by atoms with van der Waals surface area (Å²) in [4.78, 5) is 24.6. The molecule has 0 radical (unpaired) electrons. The highest BCUT2D eigenvalue weighted by atomic mass is 16.5. The number of allylic oxidation sites excluding steroid dienone is 6. The zero-order valence-corrected chi connectivity index (χ0v) is 56.2. The molecule has 490 valence electrons. The van der Waals surface area contributed by atoms with E-state index in [1.165, 1.54) is 334 Å². The van der Waals surface area contributed by atoms with Crippen LogP contribution in [0, 0.1) is 0 Å². The van der Waals surface area contributed by atoms with Gasteiger partial charge in [-0.3, -0.25) is 9.59 Å². The van der Waals surface area contributed by atoms with Gasteiger partial charge in [0.25, 0.3) is 0 Å². The number of hydrogen-bond acceptors (Lipinski definition) is 5. The van der Waals surface area contributed by atoms with Crippen molar-refractivity contribution in [2.45, 2.75) is 431 Å². The molecular weight excluding hydrogens is 1020 g/mol. The van der Waals surface area contributed by atoms with Gasteiger partial charge < -0.3 is 20.3 Å². The fourth-order valence-corrected chi connectivity index (χ4v) is 11.9. The number of nitrogens with one attached hydrogen (secondary N) is 1. The molecule has 3 N–H and O–H groups in total. The minimum atomic E-state index is -0.663. The molecule has 0 spiro atoms. The zero-order valence-electron chi connectivity index (χ0n) is 56.2. The Morgan fingerprint density at radius 3 is 0.940 bits per heavy atom. The number of carbonyl (C=O) groups excluding carboxylic acids is 2. The van der Waals surface area contributed by atoms with Crippen LogP contribution >= 0.6 is 0 Å². The standard InChI is InChI=1S/C77H147NO5/c1-3-5-7-9-11-13-15-17-19-21-38-41-45-49-53-57-61-65-69-75(80)74(73-79)78-76(81)70-66-62-58-54-50-46-42-39-36-34-32-30-28-26-24-22-23-25-27-29-31-33-35-37-40-44-48-52-56-60-64-68-72-83-77(82)71-67-63-59-55-51-47-43-20-18-16-14-12-10-8-6-4-2/h14,16,20,25,27,43,74-75,79-80H,3-13,15,17-19,21-24,26,28-42,44-73H2,1-2H3,(H,78,81)/b16-14-,27-25-,43-20-. The van der Waals surface area contributed by atoms with E-state index in [2.05, 4.69) is 55.6 Å². The lowest BCUT2D eigenvalue weighted by molar-refractivity contribution is -0.143. The molecule has 0 aliphatic rings. The van der Waals surface area contributed by atoms with Crippen molar-refractivity contribution in [1.29, 1.82) is 0 Å². The van der Waals surface area contributed by atoms with Gasteiger partial charge in [-0.2, -0.15) is 0 Å². The van der Waals surface area contributed by atoms with Gasteiger partial charge in [-0.1, -0.05) is 359 Å². The molecule has 0 rings (SSSR count). The molecule has 0 bridgehead atoms. The van der Waals surface area contributed by atoms with E-state index in [9.17, 15) is 19.8 Å². The van der Waals surface area contributed by atoms with Crippen LogP contribution in [0.4, 0.5) is 0 Å². The van der Waals surface area contributed by atoms with Gasteiger partial charge in [-0.05, 0) is 83.5 Å². The van der Waals surface area contributed by atoms with E-state index < -0.39 is 12.1 Å². The van der Waals surface area contributed by atoms with Crippen molar-refractivity contribution >= 4 is 11.9 Å². The molecule has 0 saturated carbocycles. The Kier molecular flexibility index (Phi) is 70.9. The molecule has 83 heavy (non-hydrogen) atoms. The van der Waals surface area contributed by atoms with Gasteiger partial charge in [0.1, 0.15) is 0 Å². The van der Waals surface area contributed by atoms with E-state index in [1.54, 1.807) is 0 Å². The summed E-state index contributed by atoms with van der Waals surface area (Å²) < 4.78 is 5.49. The second kappa shape index (κ2) is 72.6. The van der Waals surface area contributed by atoms with E-state index in [1.807, 2.05) is 0 Å². The fourth-order valence-electron chi connectivity index (χ4n) is 11.9. The average Bonchev–Trinajstić information content (AvgIpc) is 3.49. The Bertz CT molecular complexity index is 1340. The molecule has 0 aromatic heterocycles. The maximum absolute atomic E-state index is 12.5. The lowest BCUT2D eigenvalue weighted by Crippen LogP contribution is -2.45. The maximum Gasteiger partial charge on any atom is 0.305 e. The summed E-state index contributed by atoms with van der Waals surface area (Å²) in [6, 6.07) is -0.540. The fraction of sp³-hybridized carbons (Fsp3) is 0.896. The molecule has 0 heterocycles. The Hall–Kier alpha value is -1.92. The number of carbonyl (C=O) groups is 2. The second-order valence-corrected chi connectivity index (χ2v) is 26.0. The molecule has 0 aromatic carbocycles. The van der Waals surface area contributed by atoms with Gasteiger partial charge in [0.2, 0.25) is 5.91 Å². The van der Waals surface area contributed by atoms with Crippen molar-refractivity contribution < 1.29 is 24.5 Å². The summed E-state index contributed by atoms with van der Waals surface area (Å²) in [5.41, 5.74) is 0. The van der Waals surface area contributed by atoms with E-state index in [4.69, 9.17) is 4.74 Å². The van der Waals surface area contributed by atoms with Crippen molar-refractivity contribution in [3.8, 4) is 0 Å². The summed E-state index contributed by atoms with van der Waals surface area (Å²) in [6.07, 6.45) is 93.6. The molecule has 1 amide bonds. The van der Waals surface area contributed by atoms with Crippen LogP contribution in [0.2, 0.25) is 0 Å². The highest BCUT2D eigenvalue weighted by Gasteiger charge is 2.20. The van der Waals surface area contributed by atoms with Crippen LogP contribution in [0.1, 0.15) is 418 Å². The largest absolute Gasteiger partial charge is 0.466 e. The number of aliphatic hydroxyl groups is 2. The SMILES string of the molecule is CCCCCC/C=C\C/C=C\CCCCCCCC(=O)OCCCCCCCCCCCCCC/C=C\CCCCCCCCCCCCCCCCCCC(=O)NC(CO)C(O)CCCCCCCCCCCCCCCCCCCC. The van der Waals surface area contributed by atoms with Gasteiger partial charge in [0.15, 0.2) is 0 Å². The van der Waals surface area contributed by atoms with Crippen molar-refractivity contribution in [2.75, 3.05) is 13.2 Å². The van der Waals surface area contributed by atoms with Crippen LogP contribution < -0.4 is 5.32 Å². The first-order valence-corrected chi connectivity index (χ1v) is 37.7. The minimum absolute atomic E-state index is 0.00527. The summed E-state index contributed by atoms with van der Waals surface area (Å²) in [5, 5.41) is 23.4. The quantitative estimate of drug-likeness (QED) is 0.0320. The molecule has 6 heteroatoms. The minimum Gasteiger partial charge on any atom is -0.466 e. The summed E-state index contributed by atoms with van der Waals surface area (Å²) >= 11 is 0. The Labute approximate surface area is 519 Å². The third-order valence-corrected chi connectivity index (χ3v) is 17.7. The molecular formula is C77H147NO5. The Morgan fingerprint density at radius 1 is 0.337 bits per heavy atom. The normalized spacial score (nSPS) is 12.7. The van der Waals surface area contributed by atoms with Crippen molar-refractivity contribution in [2.24, 2.45) is 0 Å². The maximum atomic E-state index is 12.5. The first-order valence-electron chi connectivity index (χ1n) is 37.7. The van der Waals surface area contributed by atoms with Gasteiger partial charge in [-0.15, -0.1) is 0 Å². The lowest BCUT2D eigenvalue weighted by Gasteiger charge is -2.22. The highest BCUT2D eigenvalue weighted by molar-refractivity contribution is 5.76. The Balaban J connectivity index is 3.36. The van der Waals surface area contributed by atoms with Crippen LogP contribution in [-0.4, -0.2) is 47.4 Å². The number of esters is 1. The second-order valence-electron chi connectivity index (χ2n) is 26.0. The first-order chi connectivity index (χ1) is 41.0. The molecule has 2 unspecified atom stereocenters. The van der Waals surface area contributed by atoms with Gasteiger partial charge in [0, 0.05) is 12.8 Å². The number of amides is 1. The first kappa shape index (κ1) is 81.1. The highest BCUT2D eigenvalue weighted by Crippen LogP contribution is 2.19. The molecule has 0 fully saturated rings. The van der Waals surface area contributed by atoms with Crippen LogP contribution in [0.15, 0.2) is 36.5 Å². The van der Waals surface area contributed by atoms with Crippen LogP contribution in [-0.2, 0) is 14.3 Å². The molecule has 0 aliphatic heterocycles. The van der Waals surface area contributed by atoms with Crippen molar-refractivity contribution in [1.82, 2.24) is 5.32 Å². The number of hydrogen-bond donors (Lipinski definition) is 3. The zero-order chi connectivity index (χ0) is 59.9. The third-order valence-electron chi connectivity index (χ3n) is 17.7. The molecule has 0 aliphatic carbocycles. The van der Waals surface area contributed by atoms with Gasteiger partial charge >= 0.3 is 5.97 Å². The average molecular weight is 1170 g/mol. The van der Waals surface area contributed by atoms with Crippen molar-refractivity contribution in [3.05, 3.63) is 36.5 Å². The summed E-state index contributed by atoms with van der Waals surface area (Å²) in [5.74, 6) is -0.0232. The topological polar surface area (TPSA) is 95.9 Å². The number of ether oxygens (including phenoxy) is 1. The number of rotatable bonds is 71. The Morgan fingerprint density at radius 2 is 0.602 bits per heavy atom. The lowest BCUT2D eigenvalue weighted by atomic mass is 10.0. The number of unbranched alkanes of at least 4 members (excludes halogenated alkanes) is 54. The molecule has 6 nitrogen and oxygen atoms in total. The molecule has 2 atom stereocenters. The predicted molar refractivity (Wildman–Crippen MR) is 366 cm³/mol.